The second kappa shape index (κ2) is 6.16. The third kappa shape index (κ3) is 2.40. The molecule has 0 fully saturated rings. The molecule has 0 saturated carbocycles. The SMILES string of the molecule is CNC1=C(c2c(F)c(F)c(F)c(C)c2Br)C(=O)C(C2CC=CO2)O1. The summed E-state index contributed by atoms with van der Waals surface area (Å²) in [7, 11) is 1.48. The molecule has 1 aromatic rings. The molecule has 0 bridgehead atoms. The van der Waals surface area contributed by atoms with Crippen LogP contribution >= 0.6 is 15.9 Å². The monoisotopic (exact) mass is 403 g/mol. The van der Waals surface area contributed by atoms with E-state index in [1.807, 2.05) is 0 Å². The topological polar surface area (TPSA) is 47.6 Å². The number of carbonyl (C=O) groups is 1. The number of hydrogen-bond acceptors (Lipinski definition) is 4. The fourth-order valence-electron chi connectivity index (χ4n) is 2.73. The van der Waals surface area contributed by atoms with Gasteiger partial charge in [0, 0.05) is 29.1 Å². The highest BCUT2D eigenvalue weighted by Gasteiger charge is 2.44. The van der Waals surface area contributed by atoms with Crippen LogP contribution in [0.1, 0.15) is 17.5 Å². The van der Waals surface area contributed by atoms with Gasteiger partial charge >= 0.3 is 0 Å². The Hall–Kier alpha value is -1.96. The van der Waals surface area contributed by atoms with Gasteiger partial charge in [-0.05, 0) is 28.9 Å². The van der Waals surface area contributed by atoms with Crippen molar-refractivity contribution in [1.29, 1.82) is 0 Å². The van der Waals surface area contributed by atoms with Crippen LogP contribution in [0.25, 0.3) is 5.57 Å². The van der Waals surface area contributed by atoms with Crippen LogP contribution < -0.4 is 5.32 Å². The molecule has 2 atom stereocenters. The van der Waals surface area contributed by atoms with E-state index >= 15 is 0 Å². The molecule has 24 heavy (non-hydrogen) atoms. The summed E-state index contributed by atoms with van der Waals surface area (Å²) in [5, 5.41) is 2.66. The van der Waals surface area contributed by atoms with Gasteiger partial charge in [-0.15, -0.1) is 0 Å². The van der Waals surface area contributed by atoms with Crippen LogP contribution in [0, 0.1) is 24.4 Å². The van der Waals surface area contributed by atoms with Crippen molar-refractivity contribution in [2.75, 3.05) is 7.05 Å². The molecule has 0 aliphatic carbocycles. The molecule has 1 N–H and O–H groups in total. The third-order valence-electron chi connectivity index (χ3n) is 3.99. The predicted octanol–water partition coefficient (Wildman–Crippen LogP) is 3.33. The second-order valence-corrected chi connectivity index (χ2v) is 6.19. The molecule has 2 aliphatic rings. The molecule has 8 heteroatoms. The lowest BCUT2D eigenvalue weighted by Gasteiger charge is -2.17. The number of nitrogens with one attached hydrogen (secondary N) is 1. The van der Waals surface area contributed by atoms with Gasteiger partial charge in [-0.2, -0.15) is 0 Å². The highest BCUT2D eigenvalue weighted by atomic mass is 79.9. The Morgan fingerprint density at radius 1 is 1.25 bits per heavy atom. The molecule has 3 rings (SSSR count). The van der Waals surface area contributed by atoms with Crippen molar-refractivity contribution in [3.05, 3.63) is 51.3 Å². The van der Waals surface area contributed by atoms with Gasteiger partial charge in [-0.25, -0.2) is 13.2 Å². The Kier molecular flexibility index (Phi) is 4.33. The number of ketones is 1. The standard InChI is InChI=1S/C16H13BrF3NO3/c1-6-10(17)8(12(19)13(20)11(6)18)9-14(22)15(24-16(9)21-2)7-4-3-5-23-7/h3,5,7,15,21H,4H2,1-2H3. The maximum absolute atomic E-state index is 14.4. The van der Waals surface area contributed by atoms with E-state index in [1.54, 1.807) is 6.08 Å². The van der Waals surface area contributed by atoms with Gasteiger partial charge < -0.3 is 14.8 Å². The Labute approximate surface area is 144 Å². The normalized spacial score (nSPS) is 22.8. The first-order valence-corrected chi connectivity index (χ1v) is 7.94. The number of rotatable bonds is 3. The lowest BCUT2D eigenvalue weighted by molar-refractivity contribution is -0.125. The van der Waals surface area contributed by atoms with Crippen molar-refractivity contribution >= 4 is 27.3 Å². The van der Waals surface area contributed by atoms with Gasteiger partial charge in [0.15, 0.2) is 29.4 Å². The largest absolute Gasteiger partial charge is 0.494 e. The molecule has 2 aliphatic heterocycles. The number of Topliss-reactive ketones (excluding diaryl/α,β-unsaturated/α-hetero) is 1. The van der Waals surface area contributed by atoms with Crippen LogP contribution in [0.3, 0.4) is 0 Å². The Balaban J connectivity index is 2.12. The lowest BCUT2D eigenvalue weighted by atomic mass is 9.95. The van der Waals surface area contributed by atoms with E-state index in [0.717, 1.165) is 0 Å². The summed E-state index contributed by atoms with van der Waals surface area (Å²) in [5.41, 5.74) is -0.680. The van der Waals surface area contributed by atoms with Crippen molar-refractivity contribution in [3.63, 3.8) is 0 Å². The summed E-state index contributed by atoms with van der Waals surface area (Å²) in [6.07, 6.45) is 2.11. The molecule has 4 nitrogen and oxygen atoms in total. The first-order chi connectivity index (χ1) is 11.4. The minimum atomic E-state index is -1.64. The maximum atomic E-state index is 14.4. The fourth-order valence-corrected chi connectivity index (χ4v) is 3.27. The van der Waals surface area contributed by atoms with Crippen LogP contribution in [-0.4, -0.2) is 25.0 Å². The molecule has 0 aromatic heterocycles. The molecule has 0 saturated heterocycles. The number of hydrogen-bond donors (Lipinski definition) is 1. The fraction of sp³-hybridized carbons (Fsp3) is 0.312. The summed E-state index contributed by atoms with van der Waals surface area (Å²) in [6, 6.07) is 0. The molecule has 2 heterocycles. The molecular formula is C16H13BrF3NO3. The Morgan fingerprint density at radius 3 is 2.54 bits per heavy atom. The van der Waals surface area contributed by atoms with E-state index in [1.165, 1.54) is 20.2 Å². The zero-order chi connectivity index (χ0) is 17.6. The number of carbonyl (C=O) groups excluding carboxylic acids is 1. The van der Waals surface area contributed by atoms with E-state index < -0.39 is 35.4 Å². The van der Waals surface area contributed by atoms with Crippen molar-refractivity contribution in [2.45, 2.75) is 25.6 Å². The number of benzene rings is 1. The maximum Gasteiger partial charge on any atom is 0.213 e. The third-order valence-corrected chi connectivity index (χ3v) is 4.98. The van der Waals surface area contributed by atoms with Crippen LogP contribution in [0.2, 0.25) is 0 Å². The van der Waals surface area contributed by atoms with Crippen LogP contribution in [0.5, 0.6) is 0 Å². The van der Waals surface area contributed by atoms with E-state index in [-0.39, 0.29) is 27.1 Å². The van der Waals surface area contributed by atoms with Crippen LogP contribution in [0.4, 0.5) is 13.2 Å². The van der Waals surface area contributed by atoms with Gasteiger partial charge in [-0.3, -0.25) is 4.79 Å². The number of ether oxygens (including phenoxy) is 2. The Morgan fingerprint density at radius 2 is 1.96 bits per heavy atom. The Bertz CT molecular complexity index is 754. The van der Waals surface area contributed by atoms with E-state index in [0.29, 0.717) is 6.42 Å². The van der Waals surface area contributed by atoms with E-state index in [2.05, 4.69) is 21.2 Å². The highest BCUT2D eigenvalue weighted by molar-refractivity contribution is 9.10. The van der Waals surface area contributed by atoms with Gasteiger partial charge in [-0.1, -0.05) is 0 Å². The summed E-state index contributed by atoms with van der Waals surface area (Å²) >= 11 is 3.05. The molecule has 128 valence electrons. The minimum absolute atomic E-state index is 0.00879. The van der Waals surface area contributed by atoms with E-state index in [4.69, 9.17) is 9.47 Å². The zero-order valence-corrected chi connectivity index (χ0v) is 14.3. The first-order valence-electron chi connectivity index (χ1n) is 7.14. The average molecular weight is 404 g/mol. The molecule has 0 radical (unpaired) electrons. The summed E-state index contributed by atoms with van der Waals surface area (Å²) in [6.45, 7) is 1.28. The van der Waals surface area contributed by atoms with Gasteiger partial charge in [0.1, 0.15) is 6.10 Å². The quantitative estimate of drug-likeness (QED) is 0.621. The minimum Gasteiger partial charge on any atom is -0.494 e. The van der Waals surface area contributed by atoms with Crippen LogP contribution in [-0.2, 0) is 14.3 Å². The van der Waals surface area contributed by atoms with Gasteiger partial charge in [0.05, 0.1) is 11.8 Å². The molecular weight excluding hydrogens is 391 g/mol. The average Bonchev–Trinajstić information content (AvgIpc) is 3.20. The first kappa shape index (κ1) is 16.9. The van der Waals surface area contributed by atoms with Crippen molar-refractivity contribution < 1.29 is 27.4 Å². The summed E-state index contributed by atoms with van der Waals surface area (Å²) in [4.78, 5) is 12.7. The predicted molar refractivity (Wildman–Crippen MR) is 83.2 cm³/mol. The molecule has 2 unspecified atom stereocenters. The zero-order valence-electron chi connectivity index (χ0n) is 12.8. The van der Waals surface area contributed by atoms with Gasteiger partial charge in [0.2, 0.25) is 5.78 Å². The van der Waals surface area contributed by atoms with E-state index in [9.17, 15) is 18.0 Å². The molecule has 0 spiro atoms. The smallest absolute Gasteiger partial charge is 0.213 e. The van der Waals surface area contributed by atoms with Crippen molar-refractivity contribution in [2.24, 2.45) is 0 Å². The number of halogens is 4. The van der Waals surface area contributed by atoms with Crippen molar-refractivity contribution in [1.82, 2.24) is 5.32 Å². The van der Waals surface area contributed by atoms with Gasteiger partial charge in [0.25, 0.3) is 0 Å². The summed E-state index contributed by atoms with van der Waals surface area (Å²) < 4.78 is 52.7. The van der Waals surface area contributed by atoms with Crippen molar-refractivity contribution in [3.8, 4) is 0 Å². The molecule has 1 aromatic carbocycles. The lowest BCUT2D eigenvalue weighted by Crippen LogP contribution is -2.32. The van der Waals surface area contributed by atoms with Crippen LogP contribution in [0.15, 0.2) is 22.7 Å². The second-order valence-electron chi connectivity index (χ2n) is 5.39. The summed E-state index contributed by atoms with van der Waals surface area (Å²) in [5.74, 6) is -4.95. The highest BCUT2D eigenvalue weighted by Crippen LogP contribution is 2.40. The molecule has 0 amide bonds.